The Hall–Kier alpha value is -2.54. The van der Waals surface area contributed by atoms with E-state index in [1.165, 1.54) is 0 Å². The van der Waals surface area contributed by atoms with E-state index in [2.05, 4.69) is 25.2 Å². The minimum Gasteiger partial charge on any atom is -0.348 e. The largest absolute Gasteiger partial charge is 0.348 e. The lowest BCUT2D eigenvalue weighted by atomic mass is 9.99. The molecule has 1 saturated heterocycles. The fourth-order valence-corrected chi connectivity index (χ4v) is 3.40. The summed E-state index contributed by atoms with van der Waals surface area (Å²) in [5.74, 6) is 2.34. The quantitative estimate of drug-likeness (QED) is 0.875. The summed E-state index contributed by atoms with van der Waals surface area (Å²) in [5, 5.41) is 3.28. The van der Waals surface area contributed by atoms with Gasteiger partial charge in [-0.05, 0) is 45.4 Å². The van der Waals surface area contributed by atoms with Crippen LogP contribution in [0.3, 0.4) is 0 Å². The van der Waals surface area contributed by atoms with Crippen molar-refractivity contribution in [1.82, 2.24) is 24.8 Å². The lowest BCUT2D eigenvalue weighted by molar-refractivity contribution is -0.130. The summed E-state index contributed by atoms with van der Waals surface area (Å²) in [4.78, 5) is 29.8. The minimum absolute atomic E-state index is 0.120. The number of nitrogens with zero attached hydrogens (tertiary/aromatic N) is 5. The number of carbonyl (C=O) groups excluding carboxylic acids is 1. The Labute approximate surface area is 160 Å². The number of likely N-dealkylation sites (N-methyl/N-ethyl adjacent to an activating group) is 1. The van der Waals surface area contributed by atoms with Gasteiger partial charge in [-0.3, -0.25) is 9.69 Å². The van der Waals surface area contributed by atoms with Gasteiger partial charge in [0.15, 0.2) is 0 Å². The zero-order valence-electron chi connectivity index (χ0n) is 16.6. The number of rotatable bonds is 5. The van der Waals surface area contributed by atoms with Crippen LogP contribution in [-0.2, 0) is 4.79 Å². The highest BCUT2D eigenvalue weighted by Gasteiger charge is 2.27. The lowest BCUT2D eigenvalue weighted by Gasteiger charge is -2.35. The SMILES string of the molecule is Cc1cccc(Nc2cc(C3CCCCN3CC(=O)N(C)C)nc(C)n2)n1. The van der Waals surface area contributed by atoms with Gasteiger partial charge in [0.25, 0.3) is 0 Å². The Kier molecular flexibility index (Phi) is 6.01. The molecule has 0 spiro atoms. The number of piperidine rings is 1. The van der Waals surface area contributed by atoms with Crippen LogP contribution in [0, 0.1) is 13.8 Å². The molecule has 1 fully saturated rings. The van der Waals surface area contributed by atoms with Gasteiger partial charge >= 0.3 is 0 Å². The molecular formula is C20H28N6O. The van der Waals surface area contributed by atoms with Crippen LogP contribution >= 0.6 is 0 Å². The molecule has 0 aliphatic carbocycles. The molecule has 3 heterocycles. The Balaban J connectivity index is 1.83. The van der Waals surface area contributed by atoms with Crippen LogP contribution in [0.2, 0.25) is 0 Å². The maximum Gasteiger partial charge on any atom is 0.236 e. The molecule has 1 unspecified atom stereocenters. The number of aryl methyl sites for hydroxylation is 2. The van der Waals surface area contributed by atoms with Crippen LogP contribution < -0.4 is 5.32 Å². The van der Waals surface area contributed by atoms with E-state index in [1.54, 1.807) is 19.0 Å². The van der Waals surface area contributed by atoms with Crippen molar-refractivity contribution in [3.05, 3.63) is 41.5 Å². The molecule has 144 valence electrons. The highest BCUT2D eigenvalue weighted by Crippen LogP contribution is 2.31. The number of pyridine rings is 1. The normalized spacial score (nSPS) is 17.6. The van der Waals surface area contributed by atoms with E-state index in [-0.39, 0.29) is 11.9 Å². The predicted octanol–water partition coefficient (Wildman–Crippen LogP) is 2.85. The van der Waals surface area contributed by atoms with Crippen molar-refractivity contribution in [1.29, 1.82) is 0 Å². The molecule has 0 saturated carbocycles. The molecule has 2 aromatic heterocycles. The Morgan fingerprint density at radius 2 is 2.00 bits per heavy atom. The molecule has 27 heavy (non-hydrogen) atoms. The van der Waals surface area contributed by atoms with E-state index < -0.39 is 0 Å². The van der Waals surface area contributed by atoms with Gasteiger partial charge in [0.2, 0.25) is 5.91 Å². The van der Waals surface area contributed by atoms with Crippen LogP contribution in [-0.4, -0.2) is 57.8 Å². The molecule has 7 heteroatoms. The van der Waals surface area contributed by atoms with E-state index in [0.717, 1.165) is 48.8 Å². The topological polar surface area (TPSA) is 74.2 Å². The van der Waals surface area contributed by atoms with Crippen LogP contribution in [0.25, 0.3) is 0 Å². The first-order valence-electron chi connectivity index (χ1n) is 9.43. The van der Waals surface area contributed by atoms with Crippen molar-refractivity contribution in [2.45, 2.75) is 39.2 Å². The van der Waals surface area contributed by atoms with Crippen molar-refractivity contribution < 1.29 is 4.79 Å². The van der Waals surface area contributed by atoms with Gasteiger partial charge in [-0.2, -0.15) is 0 Å². The number of carbonyl (C=O) groups is 1. The van der Waals surface area contributed by atoms with E-state index in [9.17, 15) is 4.79 Å². The number of nitrogens with one attached hydrogen (secondary N) is 1. The number of hydrogen-bond acceptors (Lipinski definition) is 6. The van der Waals surface area contributed by atoms with E-state index >= 15 is 0 Å². The van der Waals surface area contributed by atoms with Crippen LogP contribution in [0.1, 0.15) is 42.5 Å². The van der Waals surface area contributed by atoms with Gasteiger partial charge in [-0.25, -0.2) is 15.0 Å². The zero-order chi connectivity index (χ0) is 19.4. The third kappa shape index (κ3) is 5.01. The van der Waals surface area contributed by atoms with Crippen LogP contribution in [0.4, 0.5) is 11.6 Å². The Morgan fingerprint density at radius 1 is 1.19 bits per heavy atom. The van der Waals surface area contributed by atoms with Crippen LogP contribution in [0.5, 0.6) is 0 Å². The van der Waals surface area contributed by atoms with E-state index in [0.29, 0.717) is 12.4 Å². The fourth-order valence-electron chi connectivity index (χ4n) is 3.40. The van der Waals surface area contributed by atoms with Gasteiger partial charge in [0, 0.05) is 25.9 Å². The van der Waals surface area contributed by atoms with Gasteiger partial charge in [-0.15, -0.1) is 0 Å². The molecule has 0 bridgehead atoms. The highest BCUT2D eigenvalue weighted by molar-refractivity contribution is 5.77. The summed E-state index contributed by atoms with van der Waals surface area (Å²) in [6, 6.07) is 7.97. The number of likely N-dealkylation sites (tertiary alicyclic amines) is 1. The summed E-state index contributed by atoms with van der Waals surface area (Å²) >= 11 is 0. The third-order valence-corrected chi connectivity index (χ3v) is 4.79. The van der Waals surface area contributed by atoms with Crippen molar-refractivity contribution in [2.75, 3.05) is 32.5 Å². The molecule has 1 aliphatic rings. The minimum atomic E-state index is 0.120. The highest BCUT2D eigenvalue weighted by atomic mass is 16.2. The average Bonchev–Trinajstić information content (AvgIpc) is 2.61. The monoisotopic (exact) mass is 368 g/mol. The molecule has 7 nitrogen and oxygen atoms in total. The molecule has 1 aliphatic heterocycles. The van der Waals surface area contributed by atoms with Gasteiger partial charge in [0.1, 0.15) is 17.5 Å². The first-order chi connectivity index (χ1) is 12.9. The Bertz CT molecular complexity index is 807. The summed E-state index contributed by atoms with van der Waals surface area (Å²) in [6.07, 6.45) is 3.25. The summed E-state index contributed by atoms with van der Waals surface area (Å²) in [7, 11) is 3.60. The zero-order valence-corrected chi connectivity index (χ0v) is 16.6. The number of anilines is 2. The van der Waals surface area contributed by atoms with E-state index in [4.69, 9.17) is 0 Å². The van der Waals surface area contributed by atoms with Crippen molar-refractivity contribution in [3.63, 3.8) is 0 Å². The molecule has 1 amide bonds. The summed E-state index contributed by atoms with van der Waals surface area (Å²) < 4.78 is 0. The van der Waals surface area contributed by atoms with Gasteiger partial charge in [0.05, 0.1) is 18.3 Å². The maximum atomic E-state index is 12.2. The van der Waals surface area contributed by atoms with Gasteiger partial charge in [-0.1, -0.05) is 12.5 Å². The molecule has 1 N–H and O–H groups in total. The first-order valence-corrected chi connectivity index (χ1v) is 9.43. The molecule has 0 radical (unpaired) electrons. The van der Waals surface area contributed by atoms with Crippen molar-refractivity contribution in [3.8, 4) is 0 Å². The van der Waals surface area contributed by atoms with Crippen LogP contribution in [0.15, 0.2) is 24.3 Å². The summed E-state index contributed by atoms with van der Waals surface area (Å²) in [6.45, 7) is 5.19. The second-order valence-corrected chi connectivity index (χ2v) is 7.28. The number of hydrogen-bond donors (Lipinski definition) is 1. The lowest BCUT2D eigenvalue weighted by Crippen LogP contribution is -2.41. The summed E-state index contributed by atoms with van der Waals surface area (Å²) in [5.41, 5.74) is 1.91. The number of aromatic nitrogens is 3. The predicted molar refractivity (Wildman–Crippen MR) is 106 cm³/mol. The maximum absolute atomic E-state index is 12.2. The second-order valence-electron chi connectivity index (χ2n) is 7.28. The average molecular weight is 368 g/mol. The molecular weight excluding hydrogens is 340 g/mol. The second kappa shape index (κ2) is 8.43. The third-order valence-electron chi connectivity index (χ3n) is 4.79. The first kappa shape index (κ1) is 19.2. The van der Waals surface area contributed by atoms with Gasteiger partial charge < -0.3 is 10.2 Å². The molecule has 1 atom stereocenters. The Morgan fingerprint density at radius 3 is 2.74 bits per heavy atom. The number of amides is 1. The fraction of sp³-hybridized carbons (Fsp3) is 0.500. The molecule has 3 rings (SSSR count). The molecule has 0 aromatic carbocycles. The van der Waals surface area contributed by atoms with E-state index in [1.807, 2.05) is 38.1 Å². The molecule has 2 aromatic rings. The standard InChI is InChI=1S/C20H28N6O/c1-14-8-7-10-18(21-14)24-19-12-16(22-15(2)23-19)17-9-5-6-11-26(17)13-20(27)25(3)4/h7-8,10,12,17H,5-6,9,11,13H2,1-4H3,(H,21,22,23,24). The smallest absolute Gasteiger partial charge is 0.236 e. The van der Waals surface area contributed by atoms with Crippen molar-refractivity contribution in [2.24, 2.45) is 0 Å². The van der Waals surface area contributed by atoms with Crippen molar-refractivity contribution >= 4 is 17.5 Å².